The van der Waals surface area contributed by atoms with E-state index in [1.54, 1.807) is 6.33 Å². The number of nitrogens with one attached hydrogen (secondary N) is 1. The molecule has 5 rings (SSSR count). The van der Waals surface area contributed by atoms with E-state index in [-0.39, 0.29) is 12.1 Å². The van der Waals surface area contributed by atoms with Crippen LogP contribution in [-0.4, -0.2) is 16.6 Å². The highest BCUT2D eigenvalue weighted by molar-refractivity contribution is 5.80. The average molecular weight is 412 g/mol. The predicted molar refractivity (Wildman–Crippen MR) is 123 cm³/mol. The maximum absolute atomic E-state index is 6.34. The van der Waals surface area contributed by atoms with Crippen LogP contribution in [0.1, 0.15) is 36.6 Å². The first-order chi connectivity index (χ1) is 15.2. The predicted octanol–water partition coefficient (Wildman–Crippen LogP) is 6.14. The van der Waals surface area contributed by atoms with Crippen LogP contribution in [0.15, 0.2) is 91.6 Å². The molecule has 0 aliphatic carbocycles. The Balaban J connectivity index is 1.57. The number of fused-ring (bicyclic) bond motifs is 1. The first-order valence-corrected chi connectivity index (χ1v) is 10.6. The molecule has 2 atom stereocenters. The van der Waals surface area contributed by atoms with E-state index in [1.165, 1.54) is 0 Å². The molecular formula is C26H25N3O2. The monoisotopic (exact) mass is 411 g/mol. The van der Waals surface area contributed by atoms with Crippen LogP contribution < -0.4 is 9.64 Å². The molecule has 3 aromatic carbocycles. The second-order valence-corrected chi connectivity index (χ2v) is 7.68. The molecule has 1 saturated heterocycles. The van der Waals surface area contributed by atoms with Crippen molar-refractivity contribution in [3.63, 3.8) is 0 Å². The van der Waals surface area contributed by atoms with Gasteiger partial charge in [0.15, 0.2) is 12.0 Å². The summed E-state index contributed by atoms with van der Waals surface area (Å²) < 4.78 is 12.1. The van der Waals surface area contributed by atoms with E-state index in [0.717, 1.165) is 40.0 Å². The number of imidazole rings is 1. The van der Waals surface area contributed by atoms with E-state index in [2.05, 4.69) is 64.8 Å². The molecule has 4 aromatic rings. The van der Waals surface area contributed by atoms with E-state index in [9.17, 15) is 0 Å². The van der Waals surface area contributed by atoms with Gasteiger partial charge in [-0.3, -0.25) is 0 Å². The van der Waals surface area contributed by atoms with E-state index >= 15 is 0 Å². The van der Waals surface area contributed by atoms with Gasteiger partial charge in [0.1, 0.15) is 11.8 Å². The van der Waals surface area contributed by atoms with Crippen molar-refractivity contribution < 1.29 is 9.47 Å². The maximum atomic E-state index is 6.34. The van der Waals surface area contributed by atoms with Gasteiger partial charge in [0.25, 0.3) is 0 Å². The number of aromatic nitrogens is 2. The number of anilines is 1. The van der Waals surface area contributed by atoms with Gasteiger partial charge in [-0.25, -0.2) is 4.98 Å². The standard InChI is InChI=1S/C26H25N3O2/c1-3-15-30-22-12-9-19(10-13-22)25-26(20-7-5-4-6-8-20)31-18(2)29(25)21-11-14-23-24(16-21)28-17-27-23/h4-14,16-17,25-26H,2-3,15H2,1H3,(H,27,28). The number of nitrogens with zero attached hydrogens (tertiary/aromatic N) is 2. The summed E-state index contributed by atoms with van der Waals surface area (Å²) in [5, 5.41) is 0. The molecule has 1 N–H and O–H groups in total. The highest BCUT2D eigenvalue weighted by Crippen LogP contribution is 2.48. The van der Waals surface area contributed by atoms with Crippen molar-refractivity contribution >= 4 is 16.7 Å². The molecule has 31 heavy (non-hydrogen) atoms. The Morgan fingerprint density at radius 2 is 1.84 bits per heavy atom. The number of hydrogen-bond donors (Lipinski definition) is 1. The zero-order chi connectivity index (χ0) is 21.2. The molecule has 5 heteroatoms. The molecule has 1 aliphatic heterocycles. The Morgan fingerprint density at radius 1 is 1.03 bits per heavy atom. The van der Waals surface area contributed by atoms with Crippen LogP contribution in [0.2, 0.25) is 0 Å². The number of aromatic amines is 1. The third-order valence-corrected chi connectivity index (χ3v) is 5.60. The molecule has 0 amide bonds. The molecule has 1 aliphatic rings. The maximum Gasteiger partial charge on any atom is 0.187 e. The minimum atomic E-state index is -0.173. The smallest absolute Gasteiger partial charge is 0.187 e. The third kappa shape index (κ3) is 3.63. The van der Waals surface area contributed by atoms with Crippen molar-refractivity contribution in [1.29, 1.82) is 0 Å². The van der Waals surface area contributed by atoms with Gasteiger partial charge < -0.3 is 19.4 Å². The van der Waals surface area contributed by atoms with Gasteiger partial charge in [-0.2, -0.15) is 0 Å². The normalized spacial score (nSPS) is 18.4. The molecule has 0 bridgehead atoms. The van der Waals surface area contributed by atoms with Gasteiger partial charge in [-0.1, -0.05) is 49.4 Å². The molecule has 156 valence electrons. The quantitative estimate of drug-likeness (QED) is 0.414. The highest BCUT2D eigenvalue weighted by Gasteiger charge is 2.41. The minimum Gasteiger partial charge on any atom is -0.494 e. The Bertz CT molecular complexity index is 1180. The number of H-pyrrole nitrogens is 1. The van der Waals surface area contributed by atoms with Gasteiger partial charge in [0.05, 0.1) is 24.0 Å². The van der Waals surface area contributed by atoms with Crippen molar-refractivity contribution in [3.05, 3.63) is 103 Å². The summed E-state index contributed by atoms with van der Waals surface area (Å²) in [5.74, 6) is 1.51. The summed E-state index contributed by atoms with van der Waals surface area (Å²) in [6.07, 6.45) is 2.52. The van der Waals surface area contributed by atoms with Crippen LogP contribution in [0.25, 0.3) is 11.0 Å². The fourth-order valence-corrected chi connectivity index (χ4v) is 4.13. The molecule has 2 unspecified atom stereocenters. The van der Waals surface area contributed by atoms with Crippen LogP contribution in [-0.2, 0) is 4.74 Å². The number of rotatable bonds is 6. The van der Waals surface area contributed by atoms with E-state index in [0.29, 0.717) is 12.5 Å². The SMILES string of the molecule is C=C1OC(c2ccccc2)C(c2ccc(OCCC)cc2)N1c1ccc2nc[nH]c2c1. The van der Waals surface area contributed by atoms with Crippen molar-refractivity contribution in [2.24, 2.45) is 0 Å². The number of hydrogen-bond acceptors (Lipinski definition) is 4. The zero-order valence-electron chi connectivity index (χ0n) is 17.5. The molecule has 0 spiro atoms. The van der Waals surface area contributed by atoms with Crippen molar-refractivity contribution in [2.75, 3.05) is 11.5 Å². The molecule has 0 radical (unpaired) electrons. The second-order valence-electron chi connectivity index (χ2n) is 7.68. The van der Waals surface area contributed by atoms with Crippen molar-refractivity contribution in [3.8, 4) is 5.75 Å². The van der Waals surface area contributed by atoms with Crippen LogP contribution in [0.5, 0.6) is 5.75 Å². The lowest BCUT2D eigenvalue weighted by molar-refractivity contribution is 0.152. The number of ether oxygens (including phenoxy) is 2. The van der Waals surface area contributed by atoms with Crippen LogP contribution in [0.4, 0.5) is 5.69 Å². The molecule has 1 fully saturated rings. The lowest BCUT2D eigenvalue weighted by atomic mass is 9.95. The lowest BCUT2D eigenvalue weighted by Gasteiger charge is -2.27. The fourth-order valence-electron chi connectivity index (χ4n) is 4.13. The highest BCUT2D eigenvalue weighted by atomic mass is 16.5. The Hall–Kier alpha value is -3.73. The van der Waals surface area contributed by atoms with E-state index in [1.807, 2.05) is 36.4 Å². The first-order valence-electron chi connectivity index (χ1n) is 10.6. The van der Waals surface area contributed by atoms with Gasteiger partial charge >= 0.3 is 0 Å². The molecule has 2 heterocycles. The van der Waals surface area contributed by atoms with E-state index < -0.39 is 0 Å². The largest absolute Gasteiger partial charge is 0.494 e. The summed E-state index contributed by atoms with van der Waals surface area (Å²) in [6, 6.07) is 24.7. The van der Waals surface area contributed by atoms with Crippen LogP contribution in [0, 0.1) is 0 Å². The molecule has 5 nitrogen and oxygen atoms in total. The summed E-state index contributed by atoms with van der Waals surface area (Å²) in [4.78, 5) is 9.70. The van der Waals surface area contributed by atoms with Crippen LogP contribution in [0.3, 0.4) is 0 Å². The average Bonchev–Trinajstić information content (AvgIpc) is 3.42. The fraction of sp³-hybridized carbons (Fsp3) is 0.192. The van der Waals surface area contributed by atoms with Crippen molar-refractivity contribution in [2.45, 2.75) is 25.5 Å². The topological polar surface area (TPSA) is 50.4 Å². The van der Waals surface area contributed by atoms with Crippen molar-refractivity contribution in [1.82, 2.24) is 9.97 Å². The summed E-state index contributed by atoms with van der Waals surface area (Å²) in [7, 11) is 0. The summed E-state index contributed by atoms with van der Waals surface area (Å²) in [6.45, 7) is 7.06. The lowest BCUT2D eigenvalue weighted by Crippen LogP contribution is -2.23. The molecular weight excluding hydrogens is 386 g/mol. The minimum absolute atomic E-state index is 0.0597. The van der Waals surface area contributed by atoms with Crippen LogP contribution >= 0.6 is 0 Å². The Morgan fingerprint density at radius 3 is 2.61 bits per heavy atom. The Labute approximate surface area is 182 Å². The second kappa shape index (κ2) is 8.19. The molecule has 1 aromatic heterocycles. The van der Waals surface area contributed by atoms with E-state index in [4.69, 9.17) is 9.47 Å². The summed E-state index contributed by atoms with van der Waals surface area (Å²) >= 11 is 0. The number of benzene rings is 3. The Kier molecular flexibility index (Phi) is 5.08. The van der Waals surface area contributed by atoms with Gasteiger partial charge in [0.2, 0.25) is 0 Å². The van der Waals surface area contributed by atoms with Gasteiger partial charge in [0, 0.05) is 5.69 Å². The van der Waals surface area contributed by atoms with Gasteiger partial charge in [-0.05, 0) is 54.5 Å². The van der Waals surface area contributed by atoms with Gasteiger partial charge in [-0.15, -0.1) is 0 Å². The summed E-state index contributed by atoms with van der Waals surface area (Å²) in [5.41, 5.74) is 5.18. The zero-order valence-corrected chi connectivity index (χ0v) is 17.5. The molecule has 0 saturated carbocycles. The third-order valence-electron chi connectivity index (χ3n) is 5.60. The first kappa shape index (κ1) is 19.2.